The van der Waals surface area contributed by atoms with Crippen LogP contribution in [-0.4, -0.2) is 64.8 Å². The van der Waals surface area contributed by atoms with Gasteiger partial charge in [0.15, 0.2) is 0 Å². The molecule has 28 heavy (non-hydrogen) atoms. The zero-order valence-corrected chi connectivity index (χ0v) is 15.6. The Kier molecular flexibility index (Phi) is 9.35. The first-order chi connectivity index (χ1) is 13.0. The molecule has 0 aromatic carbocycles. The number of carbonyl (C=O) groups is 3. The Bertz CT molecular complexity index is 646. The smallest absolute Gasteiger partial charge is 0.475 e. The summed E-state index contributed by atoms with van der Waals surface area (Å²) >= 11 is 1.62. The van der Waals surface area contributed by atoms with Gasteiger partial charge in [-0.25, -0.2) is 4.79 Å². The molecule has 0 aliphatic carbocycles. The average molecular weight is 425 g/mol. The molecule has 5 N–H and O–H groups in total. The number of piperidine rings is 1. The molecule has 1 atom stereocenters. The summed E-state index contributed by atoms with van der Waals surface area (Å²) in [6, 6.07) is 3.95. The lowest BCUT2D eigenvalue weighted by Gasteiger charge is -2.32. The van der Waals surface area contributed by atoms with Crippen molar-refractivity contribution in [2.75, 3.05) is 19.6 Å². The summed E-state index contributed by atoms with van der Waals surface area (Å²) in [4.78, 5) is 34.9. The SMILES string of the molecule is NC(=O)C(O)C1CCN(CC(=O)NCc2cccs2)CC1.O=C(O)C(F)(F)F. The zero-order chi connectivity index (χ0) is 21.3. The van der Waals surface area contributed by atoms with Gasteiger partial charge in [0.2, 0.25) is 11.8 Å². The van der Waals surface area contributed by atoms with Gasteiger partial charge in [0, 0.05) is 4.88 Å². The number of rotatable bonds is 6. The van der Waals surface area contributed by atoms with Crippen molar-refractivity contribution >= 4 is 29.1 Å². The van der Waals surface area contributed by atoms with Gasteiger partial charge in [-0.2, -0.15) is 13.2 Å². The molecule has 2 amide bonds. The highest BCUT2D eigenvalue weighted by molar-refractivity contribution is 7.09. The molecule has 1 aromatic rings. The highest BCUT2D eigenvalue weighted by Crippen LogP contribution is 2.20. The van der Waals surface area contributed by atoms with Crippen molar-refractivity contribution in [1.29, 1.82) is 0 Å². The van der Waals surface area contributed by atoms with Crippen LogP contribution in [0.25, 0.3) is 0 Å². The van der Waals surface area contributed by atoms with Crippen LogP contribution in [0.1, 0.15) is 17.7 Å². The number of hydrogen-bond acceptors (Lipinski definition) is 6. The molecule has 1 fully saturated rings. The van der Waals surface area contributed by atoms with Gasteiger partial charge < -0.3 is 21.3 Å². The number of likely N-dealkylation sites (tertiary alicyclic amines) is 1. The van der Waals surface area contributed by atoms with Crippen molar-refractivity contribution in [3.05, 3.63) is 22.4 Å². The molecule has 0 radical (unpaired) electrons. The van der Waals surface area contributed by atoms with Crippen molar-refractivity contribution < 1.29 is 37.8 Å². The van der Waals surface area contributed by atoms with Crippen LogP contribution in [0, 0.1) is 5.92 Å². The fourth-order valence-electron chi connectivity index (χ4n) is 2.52. The lowest BCUT2D eigenvalue weighted by atomic mass is 9.91. The van der Waals surface area contributed by atoms with E-state index in [-0.39, 0.29) is 11.8 Å². The van der Waals surface area contributed by atoms with Crippen molar-refractivity contribution in [1.82, 2.24) is 10.2 Å². The Labute approximate surface area is 163 Å². The van der Waals surface area contributed by atoms with Crippen LogP contribution in [0.5, 0.6) is 0 Å². The number of carboxylic acid groups (broad SMARTS) is 1. The average Bonchev–Trinajstić information content (AvgIpc) is 3.13. The molecule has 1 aliphatic rings. The topological polar surface area (TPSA) is 133 Å². The second-order valence-electron chi connectivity index (χ2n) is 6.12. The van der Waals surface area contributed by atoms with Crippen molar-refractivity contribution in [2.45, 2.75) is 31.7 Å². The third-order valence-corrected chi connectivity index (χ3v) is 4.90. The van der Waals surface area contributed by atoms with Crippen molar-refractivity contribution in [3.63, 3.8) is 0 Å². The van der Waals surface area contributed by atoms with Gasteiger partial charge in [0.1, 0.15) is 6.10 Å². The number of hydrogen-bond donors (Lipinski definition) is 4. The number of halogens is 3. The molecule has 12 heteroatoms. The van der Waals surface area contributed by atoms with E-state index >= 15 is 0 Å². The number of primary amides is 1. The normalized spacial score (nSPS) is 16.6. The number of carboxylic acids is 1. The Hall–Kier alpha value is -2.18. The number of thiophene rings is 1. The number of nitrogens with zero attached hydrogens (tertiary/aromatic N) is 1. The minimum atomic E-state index is -5.08. The van der Waals surface area contributed by atoms with Crippen LogP contribution < -0.4 is 11.1 Å². The summed E-state index contributed by atoms with van der Waals surface area (Å²) in [6.07, 6.45) is -4.79. The number of aliphatic carboxylic acids is 1. The number of carbonyl (C=O) groups excluding carboxylic acids is 2. The van der Waals surface area contributed by atoms with Gasteiger partial charge in [-0.3, -0.25) is 14.5 Å². The number of nitrogens with two attached hydrogens (primary N) is 1. The largest absolute Gasteiger partial charge is 0.490 e. The van der Waals surface area contributed by atoms with Crippen molar-refractivity contribution in [2.24, 2.45) is 11.7 Å². The molecule has 158 valence electrons. The molecule has 8 nitrogen and oxygen atoms in total. The highest BCUT2D eigenvalue weighted by atomic mass is 32.1. The number of aliphatic hydroxyl groups excluding tert-OH is 1. The lowest BCUT2D eigenvalue weighted by molar-refractivity contribution is -0.192. The van der Waals surface area contributed by atoms with Gasteiger partial charge in [-0.15, -0.1) is 11.3 Å². The zero-order valence-electron chi connectivity index (χ0n) is 14.8. The number of aliphatic hydroxyl groups is 1. The van der Waals surface area contributed by atoms with Gasteiger partial charge in [-0.1, -0.05) is 6.07 Å². The van der Waals surface area contributed by atoms with E-state index in [9.17, 15) is 27.9 Å². The maximum Gasteiger partial charge on any atom is 0.490 e. The van der Waals surface area contributed by atoms with Crippen LogP contribution in [0.3, 0.4) is 0 Å². The molecular formula is C16H22F3N3O5S. The molecule has 0 saturated carbocycles. The van der Waals surface area contributed by atoms with E-state index in [1.807, 2.05) is 22.4 Å². The molecule has 1 aliphatic heterocycles. The molecule has 0 bridgehead atoms. The fraction of sp³-hybridized carbons (Fsp3) is 0.562. The maximum absolute atomic E-state index is 11.9. The standard InChI is InChI=1S/C14H21N3O3S.C2HF3O2/c15-14(20)13(19)10-3-5-17(6-4-10)9-12(18)16-8-11-2-1-7-21-11;3-2(4,5)1(6)7/h1-2,7,10,13,19H,3-6,8-9H2,(H2,15,20)(H,16,18);(H,6,7). The van der Waals surface area contributed by atoms with E-state index in [2.05, 4.69) is 5.32 Å². The van der Waals surface area contributed by atoms with E-state index < -0.39 is 24.2 Å². The first-order valence-corrected chi connectivity index (χ1v) is 9.17. The maximum atomic E-state index is 11.9. The summed E-state index contributed by atoms with van der Waals surface area (Å²) in [7, 11) is 0. The van der Waals surface area contributed by atoms with Gasteiger partial charge in [-0.05, 0) is 43.3 Å². The fourth-order valence-corrected chi connectivity index (χ4v) is 3.16. The minimum Gasteiger partial charge on any atom is -0.475 e. The van der Waals surface area contributed by atoms with E-state index in [0.29, 0.717) is 39.0 Å². The van der Waals surface area contributed by atoms with Crippen molar-refractivity contribution in [3.8, 4) is 0 Å². The molecule has 0 spiro atoms. The Morgan fingerprint density at radius 1 is 1.32 bits per heavy atom. The monoisotopic (exact) mass is 425 g/mol. The van der Waals surface area contributed by atoms with Crippen LogP contribution in [0.15, 0.2) is 17.5 Å². The van der Waals surface area contributed by atoms with Crippen LogP contribution >= 0.6 is 11.3 Å². The summed E-state index contributed by atoms with van der Waals surface area (Å²) in [5.74, 6) is -3.51. The molecule has 2 heterocycles. The summed E-state index contributed by atoms with van der Waals surface area (Å²) in [5.41, 5.74) is 5.10. The molecule has 1 unspecified atom stereocenters. The Morgan fingerprint density at radius 3 is 2.32 bits per heavy atom. The summed E-state index contributed by atoms with van der Waals surface area (Å²) < 4.78 is 31.7. The molecule has 1 saturated heterocycles. The highest BCUT2D eigenvalue weighted by Gasteiger charge is 2.38. The van der Waals surface area contributed by atoms with Gasteiger partial charge >= 0.3 is 12.1 Å². The second-order valence-corrected chi connectivity index (χ2v) is 7.15. The Balaban J connectivity index is 0.000000480. The van der Waals surface area contributed by atoms with Crippen LogP contribution in [0.2, 0.25) is 0 Å². The van der Waals surface area contributed by atoms with Crippen LogP contribution in [0.4, 0.5) is 13.2 Å². The number of amides is 2. The van der Waals surface area contributed by atoms with Gasteiger partial charge in [0.05, 0.1) is 13.1 Å². The number of nitrogens with one attached hydrogen (secondary N) is 1. The molecule has 2 rings (SSSR count). The molecular weight excluding hydrogens is 403 g/mol. The van der Waals surface area contributed by atoms with E-state index in [1.165, 1.54) is 0 Å². The quantitative estimate of drug-likeness (QED) is 0.526. The summed E-state index contributed by atoms with van der Waals surface area (Å²) in [6.45, 7) is 2.31. The third kappa shape index (κ3) is 8.67. The van der Waals surface area contributed by atoms with E-state index in [1.54, 1.807) is 11.3 Å². The van der Waals surface area contributed by atoms with E-state index in [0.717, 1.165) is 4.88 Å². The first kappa shape index (κ1) is 23.9. The second kappa shape index (κ2) is 11.0. The van der Waals surface area contributed by atoms with Gasteiger partial charge in [0.25, 0.3) is 0 Å². The first-order valence-electron chi connectivity index (χ1n) is 8.29. The number of alkyl halides is 3. The third-order valence-electron chi connectivity index (χ3n) is 4.02. The van der Waals surface area contributed by atoms with Crippen LogP contribution in [-0.2, 0) is 20.9 Å². The van der Waals surface area contributed by atoms with E-state index in [4.69, 9.17) is 15.6 Å². The summed E-state index contributed by atoms with van der Waals surface area (Å²) in [5, 5.41) is 21.6. The predicted molar refractivity (Wildman–Crippen MR) is 94.2 cm³/mol. The minimum absolute atomic E-state index is 0.00250. The predicted octanol–water partition coefficient (Wildman–Crippen LogP) is 0.556. The molecule has 1 aromatic heterocycles. The lowest BCUT2D eigenvalue weighted by Crippen LogP contribution is -2.45. The Morgan fingerprint density at radius 2 is 1.89 bits per heavy atom.